The van der Waals surface area contributed by atoms with Gasteiger partial charge in [-0.15, -0.1) is 16.4 Å². The molecule has 8 nitrogen and oxygen atoms in total. The number of aliphatic hydroxyl groups is 1. The number of nitrogens with zero attached hydrogens (tertiary/aromatic N) is 4. The smallest absolute Gasteiger partial charge is 0.353 e. The summed E-state index contributed by atoms with van der Waals surface area (Å²) in [5.41, 5.74) is 0.0880. The number of aryl methyl sites for hydroxylation is 2. The Morgan fingerprint density at radius 2 is 2.24 bits per heavy atom. The first-order valence-electron chi connectivity index (χ1n) is 8.39. The molecule has 0 radical (unpaired) electrons. The number of aliphatic carboxylic acids is 1. The maximum atomic E-state index is 12.4. The van der Waals surface area contributed by atoms with E-state index >= 15 is 0 Å². The van der Waals surface area contributed by atoms with Crippen molar-refractivity contribution in [2.45, 2.75) is 44.2 Å². The van der Waals surface area contributed by atoms with Crippen LogP contribution < -0.4 is 4.57 Å². The molecule has 1 amide bonds. The number of thioether (sulfide) groups is 1. The largest absolute Gasteiger partial charge is 0.477 e. The van der Waals surface area contributed by atoms with Gasteiger partial charge in [0.15, 0.2) is 0 Å². The van der Waals surface area contributed by atoms with Crippen LogP contribution in [0.25, 0.3) is 0 Å². The first-order chi connectivity index (χ1) is 11.8. The molecular weight excluding hydrogens is 344 g/mol. The molecule has 5 atom stereocenters. The third-order valence-electron chi connectivity index (χ3n) is 5.46. The number of carbonyl (C=O) groups excluding carboxylic acids is 1. The number of rotatable bonds is 4. The van der Waals surface area contributed by atoms with Crippen molar-refractivity contribution in [3.8, 4) is 0 Å². The van der Waals surface area contributed by atoms with Gasteiger partial charge >= 0.3 is 5.97 Å². The maximum absolute atomic E-state index is 12.4. The molecular formula is C16H21N4O4S+. The van der Waals surface area contributed by atoms with Crippen molar-refractivity contribution in [1.29, 1.82) is 0 Å². The lowest BCUT2D eigenvalue weighted by Crippen LogP contribution is -2.63. The van der Waals surface area contributed by atoms with Gasteiger partial charge in [-0.25, -0.2) is 9.36 Å². The Hall–Kier alpha value is -1.87. The molecule has 3 aliphatic rings. The van der Waals surface area contributed by atoms with Crippen LogP contribution >= 0.6 is 11.8 Å². The topological polar surface area (TPSA) is 99.5 Å². The van der Waals surface area contributed by atoms with E-state index in [1.165, 1.54) is 16.7 Å². The number of β-lactam (4-membered cyclic amide) rings is 1. The highest BCUT2D eigenvalue weighted by atomic mass is 32.2. The van der Waals surface area contributed by atoms with E-state index in [2.05, 4.69) is 5.10 Å². The van der Waals surface area contributed by atoms with Crippen molar-refractivity contribution in [2.75, 3.05) is 0 Å². The molecule has 9 heteroatoms. The number of hydrogen-bond acceptors (Lipinski definition) is 5. The molecule has 0 aromatic carbocycles. The zero-order valence-electron chi connectivity index (χ0n) is 14.3. The standard InChI is InChI=1S/C16H20N4O4S/c1-7-11-10(8(2)21)15(22)20(11)12(16(23)24)13(7)25-9-4-5-19-14(9)18(3)6-17-19/h6-11,21H,4-5H2,1-3H3/p+1/t7-,8-,9-,10-,11-/m1/s1. The van der Waals surface area contributed by atoms with Crippen molar-refractivity contribution in [3.63, 3.8) is 0 Å². The van der Waals surface area contributed by atoms with Gasteiger partial charge in [-0.2, -0.15) is 0 Å². The van der Waals surface area contributed by atoms with Crippen molar-refractivity contribution >= 4 is 23.6 Å². The van der Waals surface area contributed by atoms with Gasteiger partial charge in [0.1, 0.15) is 17.5 Å². The molecule has 1 aromatic heterocycles. The molecule has 0 saturated carbocycles. The lowest BCUT2D eigenvalue weighted by molar-refractivity contribution is -0.679. The molecule has 4 rings (SSSR count). The maximum Gasteiger partial charge on any atom is 0.353 e. The van der Waals surface area contributed by atoms with Gasteiger partial charge < -0.3 is 15.1 Å². The highest BCUT2D eigenvalue weighted by Crippen LogP contribution is 2.54. The van der Waals surface area contributed by atoms with Gasteiger partial charge in [0, 0.05) is 22.3 Å². The molecule has 1 fully saturated rings. The van der Waals surface area contributed by atoms with E-state index in [-0.39, 0.29) is 28.8 Å². The number of carbonyl (C=O) groups is 2. The molecule has 3 aliphatic heterocycles. The van der Waals surface area contributed by atoms with Crippen LogP contribution in [0.15, 0.2) is 16.9 Å². The lowest BCUT2D eigenvalue weighted by atomic mass is 9.79. The Kier molecular flexibility index (Phi) is 3.69. The van der Waals surface area contributed by atoms with E-state index < -0.39 is 18.0 Å². The van der Waals surface area contributed by atoms with Crippen LogP contribution in [-0.4, -0.2) is 48.9 Å². The van der Waals surface area contributed by atoms with E-state index in [0.29, 0.717) is 0 Å². The molecule has 0 spiro atoms. The lowest BCUT2D eigenvalue weighted by Gasteiger charge is -2.46. The second kappa shape index (κ2) is 5.57. The van der Waals surface area contributed by atoms with Gasteiger partial charge in [-0.3, -0.25) is 4.79 Å². The van der Waals surface area contributed by atoms with Gasteiger partial charge in [0.2, 0.25) is 11.7 Å². The predicted molar refractivity (Wildman–Crippen MR) is 88.0 cm³/mol. The van der Waals surface area contributed by atoms with Gasteiger partial charge in [0.05, 0.1) is 25.1 Å². The fraction of sp³-hybridized carbons (Fsp3) is 0.625. The molecule has 0 bridgehead atoms. The van der Waals surface area contributed by atoms with Gasteiger partial charge in [-0.05, 0) is 6.92 Å². The summed E-state index contributed by atoms with van der Waals surface area (Å²) in [6.07, 6.45) is 1.86. The highest BCUT2D eigenvalue weighted by Gasteiger charge is 2.60. The monoisotopic (exact) mass is 365 g/mol. The Bertz CT molecular complexity index is 802. The summed E-state index contributed by atoms with van der Waals surface area (Å²) in [6.45, 7) is 4.35. The van der Waals surface area contributed by atoms with Crippen LogP contribution in [-0.2, 0) is 23.2 Å². The normalized spacial score (nSPS) is 31.8. The zero-order chi connectivity index (χ0) is 18.0. The quantitative estimate of drug-likeness (QED) is 0.577. The Balaban J connectivity index is 1.68. The number of carboxylic acid groups (broad SMARTS) is 1. The molecule has 0 unspecified atom stereocenters. The highest BCUT2D eigenvalue weighted by molar-refractivity contribution is 8.03. The summed E-state index contributed by atoms with van der Waals surface area (Å²) >= 11 is 1.53. The fourth-order valence-electron chi connectivity index (χ4n) is 4.32. The summed E-state index contributed by atoms with van der Waals surface area (Å²) in [5.74, 6) is -0.933. The molecule has 2 N–H and O–H groups in total. The Morgan fingerprint density at radius 1 is 1.52 bits per heavy atom. The molecule has 0 aliphatic carbocycles. The first-order valence-corrected chi connectivity index (χ1v) is 9.27. The fourth-order valence-corrected chi connectivity index (χ4v) is 5.89. The van der Waals surface area contributed by atoms with Crippen LogP contribution in [0.3, 0.4) is 0 Å². The SMILES string of the molecule is C[C@@H](O)[C@H]1C(=O)N2C(C(=O)O)=C(S[C@@H]3CCn4nc[n+](C)c43)[C@H](C)[C@H]12. The summed E-state index contributed by atoms with van der Waals surface area (Å²) in [5, 5.41) is 24.0. The summed E-state index contributed by atoms with van der Waals surface area (Å²) in [6, 6.07) is -0.263. The summed E-state index contributed by atoms with van der Waals surface area (Å²) in [4.78, 5) is 26.3. The van der Waals surface area contributed by atoms with E-state index in [1.807, 2.05) is 23.2 Å². The molecule has 1 saturated heterocycles. The van der Waals surface area contributed by atoms with E-state index in [0.717, 1.165) is 23.7 Å². The van der Waals surface area contributed by atoms with Crippen LogP contribution in [0.5, 0.6) is 0 Å². The minimum absolute atomic E-state index is 0.0880. The van der Waals surface area contributed by atoms with Crippen LogP contribution in [0.1, 0.15) is 31.3 Å². The van der Waals surface area contributed by atoms with Gasteiger partial charge in [0.25, 0.3) is 6.33 Å². The van der Waals surface area contributed by atoms with Crippen LogP contribution in [0, 0.1) is 11.8 Å². The number of aliphatic hydroxyl groups excluding tert-OH is 1. The second-order valence-electron chi connectivity index (χ2n) is 6.99. The minimum Gasteiger partial charge on any atom is -0.477 e. The summed E-state index contributed by atoms with van der Waals surface area (Å²) < 4.78 is 3.90. The van der Waals surface area contributed by atoms with Crippen molar-refractivity contribution < 1.29 is 24.4 Å². The van der Waals surface area contributed by atoms with Crippen LogP contribution in [0.2, 0.25) is 0 Å². The zero-order valence-corrected chi connectivity index (χ0v) is 15.1. The number of aromatic nitrogens is 3. The Labute approximate surface area is 149 Å². The molecule has 25 heavy (non-hydrogen) atoms. The number of amides is 1. The minimum atomic E-state index is -1.08. The number of carboxylic acids is 1. The van der Waals surface area contributed by atoms with E-state index in [4.69, 9.17) is 0 Å². The third-order valence-corrected chi connectivity index (χ3v) is 7.01. The first kappa shape index (κ1) is 16.6. The second-order valence-corrected chi connectivity index (χ2v) is 8.23. The number of fused-ring (bicyclic) bond motifs is 2. The van der Waals surface area contributed by atoms with E-state index in [9.17, 15) is 19.8 Å². The van der Waals surface area contributed by atoms with Crippen molar-refractivity contribution in [2.24, 2.45) is 18.9 Å². The van der Waals surface area contributed by atoms with Gasteiger partial charge in [-0.1, -0.05) is 6.92 Å². The van der Waals surface area contributed by atoms with Crippen molar-refractivity contribution in [3.05, 3.63) is 22.8 Å². The van der Waals surface area contributed by atoms with E-state index in [1.54, 1.807) is 13.3 Å². The molecule has 134 valence electrons. The third kappa shape index (κ3) is 2.18. The Morgan fingerprint density at radius 3 is 2.88 bits per heavy atom. The van der Waals surface area contributed by atoms with Crippen LogP contribution in [0.4, 0.5) is 0 Å². The average molecular weight is 365 g/mol. The summed E-state index contributed by atoms with van der Waals surface area (Å²) in [7, 11) is 1.93. The van der Waals surface area contributed by atoms with Crippen molar-refractivity contribution in [1.82, 2.24) is 14.7 Å². The predicted octanol–water partition coefficient (Wildman–Crippen LogP) is 0.0393. The molecule has 4 heterocycles. The average Bonchev–Trinajstić information content (AvgIpc) is 3.16. The number of hydrogen-bond donors (Lipinski definition) is 2. The molecule has 1 aromatic rings.